The first-order valence-electron chi connectivity index (χ1n) is 22.3. The minimum Gasteiger partial charge on any atom is -0.462 e. The highest BCUT2D eigenvalue weighted by atomic mass is 16.6. The molecule has 6 nitrogen and oxygen atoms in total. The van der Waals surface area contributed by atoms with Crippen molar-refractivity contribution in [1.29, 1.82) is 0 Å². The summed E-state index contributed by atoms with van der Waals surface area (Å²) in [6, 6.07) is 0. The normalized spacial score (nSPS) is 12.6. The smallest absolute Gasteiger partial charge is 0.306 e. The molecule has 302 valence electrons. The van der Waals surface area contributed by atoms with Gasteiger partial charge < -0.3 is 14.2 Å². The number of carbonyl (C=O) groups is 3. The summed E-state index contributed by atoms with van der Waals surface area (Å²) in [6.45, 7) is 11.2. The molecule has 0 aromatic carbocycles. The third-order valence-electron chi connectivity index (χ3n) is 10.3. The molecule has 0 aliphatic heterocycles. The number of esters is 3. The van der Waals surface area contributed by atoms with Gasteiger partial charge in [-0.25, -0.2) is 0 Å². The van der Waals surface area contributed by atoms with Crippen LogP contribution in [-0.2, 0) is 28.6 Å². The first-order valence-corrected chi connectivity index (χ1v) is 22.3. The molecule has 0 N–H and O–H groups in total. The second-order valence-electron chi connectivity index (χ2n) is 16.1. The summed E-state index contributed by atoms with van der Waals surface area (Å²) in [5.74, 6) is 0.707. The average Bonchev–Trinajstić information content (AvgIpc) is 3.11. The fourth-order valence-corrected chi connectivity index (χ4v) is 6.54. The molecule has 0 amide bonds. The zero-order valence-corrected chi connectivity index (χ0v) is 34.7. The summed E-state index contributed by atoms with van der Waals surface area (Å²) in [7, 11) is 0. The Bertz CT molecular complexity index is 781. The third-order valence-corrected chi connectivity index (χ3v) is 10.3. The fraction of sp³-hybridized carbons (Fsp3) is 0.933. The van der Waals surface area contributed by atoms with Crippen LogP contribution in [-0.4, -0.2) is 37.2 Å². The van der Waals surface area contributed by atoms with Gasteiger partial charge >= 0.3 is 17.9 Å². The van der Waals surface area contributed by atoms with Gasteiger partial charge in [0.2, 0.25) is 0 Å². The third kappa shape index (κ3) is 38.0. The highest BCUT2D eigenvalue weighted by Crippen LogP contribution is 2.17. The molecule has 0 aromatic heterocycles. The summed E-state index contributed by atoms with van der Waals surface area (Å²) < 4.78 is 16.7. The van der Waals surface area contributed by atoms with Crippen LogP contribution in [0.5, 0.6) is 0 Å². The summed E-state index contributed by atoms with van der Waals surface area (Å²) in [5.41, 5.74) is 0. The lowest BCUT2D eigenvalue weighted by atomic mass is 10.00. The van der Waals surface area contributed by atoms with E-state index in [9.17, 15) is 14.4 Å². The molecule has 0 saturated heterocycles. The molecular formula is C45H86O6. The number of hydrogen-bond acceptors (Lipinski definition) is 6. The lowest BCUT2D eigenvalue weighted by molar-refractivity contribution is -0.167. The minimum atomic E-state index is -0.761. The fourth-order valence-electron chi connectivity index (χ4n) is 6.54. The van der Waals surface area contributed by atoms with E-state index in [-0.39, 0.29) is 31.1 Å². The Morgan fingerprint density at radius 3 is 1.12 bits per heavy atom. The Morgan fingerprint density at radius 1 is 0.412 bits per heavy atom. The van der Waals surface area contributed by atoms with Crippen molar-refractivity contribution in [3.8, 4) is 0 Å². The van der Waals surface area contributed by atoms with Gasteiger partial charge in [0.15, 0.2) is 6.10 Å². The summed E-state index contributed by atoms with van der Waals surface area (Å²) >= 11 is 0. The van der Waals surface area contributed by atoms with E-state index in [4.69, 9.17) is 14.2 Å². The molecule has 0 aromatic rings. The van der Waals surface area contributed by atoms with E-state index in [1.807, 2.05) is 0 Å². The topological polar surface area (TPSA) is 78.9 Å². The molecule has 0 bridgehead atoms. The van der Waals surface area contributed by atoms with Crippen LogP contribution >= 0.6 is 0 Å². The van der Waals surface area contributed by atoms with Crippen LogP contribution in [0.2, 0.25) is 0 Å². The van der Waals surface area contributed by atoms with Crippen molar-refractivity contribution in [3.05, 3.63) is 0 Å². The summed E-state index contributed by atoms with van der Waals surface area (Å²) in [6.07, 6.45) is 35.3. The van der Waals surface area contributed by atoms with Crippen LogP contribution in [0.1, 0.15) is 240 Å². The second-order valence-corrected chi connectivity index (χ2v) is 16.1. The standard InChI is InChI=1S/C45H86O6/c1-6-8-9-10-11-12-13-14-15-16-17-18-25-30-35-43(46)49-38-42(39-50-44(47)36-31-26-21-19-23-28-33-40(3)4)51-45(48)37-32-27-22-20-24-29-34-41(5)7-2/h40-42H,6-39H2,1-5H3/t41?,42-/m1/s1. The zero-order chi connectivity index (χ0) is 37.6. The Labute approximate surface area is 317 Å². The Hall–Kier alpha value is -1.59. The monoisotopic (exact) mass is 723 g/mol. The predicted octanol–water partition coefficient (Wildman–Crippen LogP) is 13.8. The van der Waals surface area contributed by atoms with E-state index in [0.29, 0.717) is 19.3 Å². The molecule has 0 heterocycles. The molecule has 2 atom stereocenters. The van der Waals surface area contributed by atoms with E-state index < -0.39 is 6.10 Å². The first kappa shape index (κ1) is 49.4. The number of rotatable bonds is 39. The number of hydrogen-bond donors (Lipinski definition) is 0. The van der Waals surface area contributed by atoms with Crippen LogP contribution < -0.4 is 0 Å². The van der Waals surface area contributed by atoms with Crippen molar-refractivity contribution in [1.82, 2.24) is 0 Å². The average molecular weight is 723 g/mol. The van der Waals surface area contributed by atoms with Crippen LogP contribution in [0.25, 0.3) is 0 Å². The molecule has 0 spiro atoms. The molecule has 0 radical (unpaired) electrons. The van der Waals surface area contributed by atoms with Gasteiger partial charge in [-0.05, 0) is 31.1 Å². The van der Waals surface area contributed by atoms with Crippen molar-refractivity contribution in [3.63, 3.8) is 0 Å². The number of ether oxygens (including phenoxy) is 3. The molecule has 0 aliphatic rings. The van der Waals surface area contributed by atoms with Crippen molar-refractivity contribution >= 4 is 17.9 Å². The number of unbranched alkanes of at least 4 members (excludes halogenated alkanes) is 23. The molecule has 1 unspecified atom stereocenters. The Balaban J connectivity index is 4.32. The van der Waals surface area contributed by atoms with Gasteiger partial charge in [0.1, 0.15) is 13.2 Å². The Morgan fingerprint density at radius 2 is 0.745 bits per heavy atom. The quantitative estimate of drug-likeness (QED) is 0.0357. The predicted molar refractivity (Wildman–Crippen MR) is 215 cm³/mol. The van der Waals surface area contributed by atoms with Gasteiger partial charge in [0.05, 0.1) is 0 Å². The van der Waals surface area contributed by atoms with Crippen LogP contribution in [0.3, 0.4) is 0 Å². The van der Waals surface area contributed by atoms with E-state index in [1.54, 1.807) is 0 Å². The largest absolute Gasteiger partial charge is 0.462 e. The lowest BCUT2D eigenvalue weighted by Gasteiger charge is -2.18. The molecule has 0 rings (SSSR count). The van der Waals surface area contributed by atoms with Gasteiger partial charge in [0, 0.05) is 19.3 Å². The first-order chi connectivity index (χ1) is 24.8. The van der Waals surface area contributed by atoms with Gasteiger partial charge in [-0.15, -0.1) is 0 Å². The summed E-state index contributed by atoms with van der Waals surface area (Å²) in [4.78, 5) is 37.6. The van der Waals surface area contributed by atoms with Crippen molar-refractivity contribution in [2.75, 3.05) is 13.2 Å². The van der Waals surface area contributed by atoms with Crippen molar-refractivity contribution < 1.29 is 28.6 Å². The molecule has 0 fully saturated rings. The molecule has 0 saturated carbocycles. The van der Waals surface area contributed by atoms with Gasteiger partial charge in [-0.3, -0.25) is 14.4 Å². The maximum Gasteiger partial charge on any atom is 0.306 e. The maximum atomic E-state index is 12.7. The minimum absolute atomic E-state index is 0.0665. The Kier molecular flexibility index (Phi) is 37.0. The highest BCUT2D eigenvalue weighted by Gasteiger charge is 2.19. The van der Waals surface area contributed by atoms with Crippen molar-refractivity contribution in [2.45, 2.75) is 246 Å². The highest BCUT2D eigenvalue weighted by molar-refractivity contribution is 5.71. The van der Waals surface area contributed by atoms with Crippen LogP contribution in [0.15, 0.2) is 0 Å². The maximum absolute atomic E-state index is 12.7. The van der Waals surface area contributed by atoms with E-state index in [0.717, 1.165) is 69.6 Å². The van der Waals surface area contributed by atoms with Crippen LogP contribution in [0.4, 0.5) is 0 Å². The zero-order valence-electron chi connectivity index (χ0n) is 34.7. The summed E-state index contributed by atoms with van der Waals surface area (Å²) in [5, 5.41) is 0. The van der Waals surface area contributed by atoms with Gasteiger partial charge in [-0.2, -0.15) is 0 Å². The van der Waals surface area contributed by atoms with E-state index in [1.165, 1.54) is 128 Å². The molecule has 6 heteroatoms. The van der Waals surface area contributed by atoms with Crippen LogP contribution in [0, 0.1) is 11.8 Å². The molecule has 51 heavy (non-hydrogen) atoms. The van der Waals surface area contributed by atoms with E-state index in [2.05, 4.69) is 34.6 Å². The SMILES string of the molecule is CCCCCCCCCCCCCCCCC(=O)OC[C@H](COC(=O)CCCCCCCCC(C)C)OC(=O)CCCCCCCCC(C)CC. The van der Waals surface area contributed by atoms with E-state index >= 15 is 0 Å². The lowest BCUT2D eigenvalue weighted by Crippen LogP contribution is -2.30. The molecular weight excluding hydrogens is 636 g/mol. The van der Waals surface area contributed by atoms with Gasteiger partial charge in [0.25, 0.3) is 0 Å². The molecule has 0 aliphatic carbocycles. The van der Waals surface area contributed by atoms with Crippen molar-refractivity contribution in [2.24, 2.45) is 11.8 Å². The second kappa shape index (κ2) is 38.1. The van der Waals surface area contributed by atoms with Gasteiger partial charge in [-0.1, -0.05) is 202 Å². The number of carbonyl (C=O) groups excluding carboxylic acids is 3.